The molecule has 0 saturated carbocycles. The van der Waals surface area contributed by atoms with Crippen molar-refractivity contribution in [2.75, 3.05) is 0 Å². The summed E-state index contributed by atoms with van der Waals surface area (Å²) in [5, 5.41) is 20.2. The van der Waals surface area contributed by atoms with Crippen molar-refractivity contribution in [1.82, 2.24) is 15.0 Å². The summed E-state index contributed by atoms with van der Waals surface area (Å²) in [4.78, 5) is 13.6. The van der Waals surface area contributed by atoms with Gasteiger partial charge in [-0.05, 0) is 30.7 Å². The molecule has 31 heavy (non-hydrogen) atoms. The highest BCUT2D eigenvalue weighted by Gasteiger charge is 2.30. The Hall–Kier alpha value is -3.93. The molecule has 0 atom stereocenters. The molecule has 0 spiro atoms. The summed E-state index contributed by atoms with van der Waals surface area (Å²) in [6.45, 7) is 9.22. The summed E-state index contributed by atoms with van der Waals surface area (Å²) in [6.07, 6.45) is 0. The molecule has 4 aromatic rings. The minimum absolute atomic E-state index is 0.0179. The summed E-state index contributed by atoms with van der Waals surface area (Å²) in [5.41, 5.74) is 2.98. The van der Waals surface area contributed by atoms with Gasteiger partial charge in [0.05, 0.1) is 0 Å². The van der Waals surface area contributed by atoms with Gasteiger partial charge < -0.3 is 9.84 Å². The van der Waals surface area contributed by atoms with Gasteiger partial charge >= 0.3 is 5.97 Å². The van der Waals surface area contributed by atoms with Gasteiger partial charge in [0, 0.05) is 22.6 Å². The van der Waals surface area contributed by atoms with Gasteiger partial charge in [0.25, 0.3) is 0 Å². The Kier molecular flexibility index (Phi) is 5.07. The molecule has 0 amide bonds. The molecule has 0 aliphatic rings. The molecule has 0 radical (unpaired) electrons. The van der Waals surface area contributed by atoms with Crippen LogP contribution < -0.4 is 4.74 Å². The molecule has 1 N–H and O–H groups in total. The monoisotopic (exact) mass is 413 g/mol. The Morgan fingerprint density at radius 3 is 2.16 bits per heavy atom. The highest BCUT2D eigenvalue weighted by molar-refractivity contribution is 5.89. The van der Waals surface area contributed by atoms with Gasteiger partial charge in [-0.25, -0.2) is 4.79 Å². The predicted octanol–water partition coefficient (Wildman–Crippen LogP) is 4.93. The normalized spacial score (nSPS) is 11.5. The zero-order valence-electron chi connectivity index (χ0n) is 17.7. The van der Waals surface area contributed by atoms with E-state index in [-0.39, 0.29) is 17.1 Å². The van der Waals surface area contributed by atoms with Crippen LogP contribution in [0.3, 0.4) is 0 Å². The van der Waals surface area contributed by atoms with E-state index in [9.17, 15) is 9.90 Å². The summed E-state index contributed by atoms with van der Waals surface area (Å²) in [5.74, 6) is -0.246. The van der Waals surface area contributed by atoms with Crippen molar-refractivity contribution in [2.24, 2.45) is 0 Å². The van der Waals surface area contributed by atoms with E-state index in [1.165, 1.54) is 4.80 Å². The standard InChI is InChI=1S/C25H23N3O3/c1-16(2)24(30)31-18-14-19(25(3,4)17-10-6-5-7-11-17)23(29)22(15-18)28-26-20-12-8-9-13-21(20)27-28/h5-15,29H,1H2,2-4H3. The molecule has 0 bridgehead atoms. The third kappa shape index (κ3) is 3.80. The molecule has 6 heteroatoms. The zero-order chi connectivity index (χ0) is 22.2. The molecule has 1 aromatic heterocycles. The number of hydrogen-bond donors (Lipinski definition) is 1. The van der Waals surface area contributed by atoms with Crippen molar-refractivity contribution in [3.05, 3.63) is 90.0 Å². The fourth-order valence-corrected chi connectivity index (χ4v) is 3.45. The predicted molar refractivity (Wildman–Crippen MR) is 120 cm³/mol. The number of rotatable bonds is 5. The Morgan fingerprint density at radius 2 is 1.58 bits per heavy atom. The van der Waals surface area contributed by atoms with Crippen LogP contribution in [0.1, 0.15) is 31.9 Å². The molecule has 0 aliphatic heterocycles. The first-order valence-electron chi connectivity index (χ1n) is 9.90. The molecule has 0 unspecified atom stereocenters. The van der Waals surface area contributed by atoms with Crippen molar-refractivity contribution in [2.45, 2.75) is 26.2 Å². The fourth-order valence-electron chi connectivity index (χ4n) is 3.45. The van der Waals surface area contributed by atoms with Gasteiger partial charge in [-0.2, -0.15) is 0 Å². The maximum atomic E-state index is 12.2. The van der Waals surface area contributed by atoms with E-state index in [2.05, 4.69) is 16.8 Å². The lowest BCUT2D eigenvalue weighted by Crippen LogP contribution is -2.20. The van der Waals surface area contributed by atoms with Crippen LogP contribution in [0.4, 0.5) is 0 Å². The Morgan fingerprint density at radius 1 is 1.00 bits per heavy atom. The first-order chi connectivity index (χ1) is 14.8. The molecule has 0 aliphatic carbocycles. The van der Waals surface area contributed by atoms with Crippen LogP contribution in [-0.4, -0.2) is 26.1 Å². The molecular weight excluding hydrogens is 390 g/mol. The number of esters is 1. The number of phenols is 1. The quantitative estimate of drug-likeness (QED) is 0.285. The van der Waals surface area contributed by atoms with Crippen molar-refractivity contribution in [3.8, 4) is 17.2 Å². The lowest BCUT2D eigenvalue weighted by Gasteiger charge is -2.28. The lowest BCUT2D eigenvalue weighted by molar-refractivity contribution is -0.130. The minimum Gasteiger partial charge on any atom is -0.505 e. The van der Waals surface area contributed by atoms with Crippen molar-refractivity contribution < 1.29 is 14.6 Å². The first kappa shape index (κ1) is 20.3. The fraction of sp³-hybridized carbons (Fsp3) is 0.160. The second-order valence-corrected chi connectivity index (χ2v) is 7.98. The Bertz CT molecular complexity index is 1260. The zero-order valence-corrected chi connectivity index (χ0v) is 17.7. The van der Waals surface area contributed by atoms with E-state index in [1.807, 2.05) is 68.4 Å². The molecule has 156 valence electrons. The molecule has 4 rings (SSSR count). The van der Waals surface area contributed by atoms with Crippen LogP contribution in [0.15, 0.2) is 78.9 Å². The SMILES string of the molecule is C=C(C)C(=O)Oc1cc(-n2nc3ccccc3n2)c(O)c(C(C)(C)c2ccccc2)c1. The van der Waals surface area contributed by atoms with E-state index in [1.54, 1.807) is 19.1 Å². The number of aromatic nitrogens is 3. The van der Waals surface area contributed by atoms with Crippen LogP contribution in [0, 0.1) is 0 Å². The number of nitrogens with zero attached hydrogens (tertiary/aromatic N) is 3. The average Bonchev–Trinajstić information content (AvgIpc) is 3.19. The minimum atomic E-state index is -0.585. The first-order valence-corrected chi connectivity index (χ1v) is 9.90. The maximum absolute atomic E-state index is 12.2. The average molecular weight is 413 g/mol. The number of carbonyl (C=O) groups excluding carboxylic acids is 1. The summed E-state index contributed by atoms with van der Waals surface area (Å²) in [7, 11) is 0. The van der Waals surface area contributed by atoms with E-state index in [0.29, 0.717) is 22.3 Å². The van der Waals surface area contributed by atoms with Gasteiger partial charge in [0.1, 0.15) is 28.2 Å². The van der Waals surface area contributed by atoms with Crippen molar-refractivity contribution >= 4 is 17.0 Å². The van der Waals surface area contributed by atoms with Crippen LogP contribution in [-0.2, 0) is 10.2 Å². The number of aromatic hydroxyl groups is 1. The van der Waals surface area contributed by atoms with Crippen molar-refractivity contribution in [3.63, 3.8) is 0 Å². The van der Waals surface area contributed by atoms with Crippen LogP contribution in [0.2, 0.25) is 0 Å². The van der Waals surface area contributed by atoms with Gasteiger partial charge in [0.2, 0.25) is 0 Å². The van der Waals surface area contributed by atoms with Gasteiger partial charge in [-0.1, -0.05) is 62.9 Å². The van der Waals surface area contributed by atoms with Crippen LogP contribution >= 0.6 is 0 Å². The topological polar surface area (TPSA) is 77.2 Å². The number of phenolic OH excluding ortho intramolecular Hbond substituents is 1. The van der Waals surface area contributed by atoms with Gasteiger partial charge in [-0.15, -0.1) is 15.0 Å². The number of benzene rings is 3. The van der Waals surface area contributed by atoms with E-state index in [4.69, 9.17) is 4.74 Å². The maximum Gasteiger partial charge on any atom is 0.338 e. The highest BCUT2D eigenvalue weighted by Crippen LogP contribution is 2.42. The van der Waals surface area contributed by atoms with Gasteiger partial charge in [0.15, 0.2) is 0 Å². The lowest BCUT2D eigenvalue weighted by atomic mass is 9.77. The van der Waals surface area contributed by atoms with Gasteiger partial charge in [-0.3, -0.25) is 0 Å². The number of hydrogen-bond acceptors (Lipinski definition) is 5. The largest absolute Gasteiger partial charge is 0.505 e. The second-order valence-electron chi connectivity index (χ2n) is 7.98. The van der Waals surface area contributed by atoms with E-state index >= 15 is 0 Å². The van der Waals surface area contributed by atoms with Crippen molar-refractivity contribution in [1.29, 1.82) is 0 Å². The number of fused-ring (bicyclic) bond motifs is 1. The summed E-state index contributed by atoms with van der Waals surface area (Å²) >= 11 is 0. The summed E-state index contributed by atoms with van der Waals surface area (Å²) in [6, 6.07) is 20.5. The molecule has 3 aromatic carbocycles. The third-order valence-corrected chi connectivity index (χ3v) is 5.29. The second kappa shape index (κ2) is 7.72. The molecule has 1 heterocycles. The molecule has 0 saturated heterocycles. The smallest absolute Gasteiger partial charge is 0.338 e. The molecule has 0 fully saturated rings. The molecule has 6 nitrogen and oxygen atoms in total. The van der Waals surface area contributed by atoms with E-state index in [0.717, 1.165) is 5.56 Å². The third-order valence-electron chi connectivity index (χ3n) is 5.29. The highest BCUT2D eigenvalue weighted by atomic mass is 16.5. The van der Waals surface area contributed by atoms with E-state index < -0.39 is 11.4 Å². The number of ether oxygens (including phenoxy) is 1. The summed E-state index contributed by atoms with van der Waals surface area (Å²) < 4.78 is 5.52. The Labute approximate surface area is 180 Å². The Balaban J connectivity index is 1.92. The van der Waals surface area contributed by atoms with Crippen LogP contribution in [0.5, 0.6) is 11.5 Å². The number of carbonyl (C=O) groups is 1. The van der Waals surface area contributed by atoms with Crippen LogP contribution in [0.25, 0.3) is 16.7 Å². The molecular formula is C25H23N3O3.